The lowest BCUT2D eigenvalue weighted by Crippen LogP contribution is -2.17. The maximum atomic E-state index is 12.3. The molecule has 1 amide bonds. The molecule has 0 unspecified atom stereocenters. The van der Waals surface area contributed by atoms with E-state index in [0.29, 0.717) is 10.2 Å². The van der Waals surface area contributed by atoms with Crippen molar-refractivity contribution in [2.24, 2.45) is 0 Å². The van der Waals surface area contributed by atoms with Gasteiger partial charge in [-0.3, -0.25) is 4.79 Å². The van der Waals surface area contributed by atoms with E-state index in [1.54, 1.807) is 7.11 Å². The van der Waals surface area contributed by atoms with Crippen molar-refractivity contribution < 1.29 is 17.9 Å². The fraction of sp³-hybridized carbons (Fsp3) is 0.200. The summed E-state index contributed by atoms with van der Waals surface area (Å²) in [6, 6.07) is 11.6. The number of thiazole rings is 1. The summed E-state index contributed by atoms with van der Waals surface area (Å²) in [6.45, 7) is 1.94. The lowest BCUT2D eigenvalue weighted by molar-refractivity contribution is -0.115. The summed E-state index contributed by atoms with van der Waals surface area (Å²) < 4.78 is 29.9. The molecule has 0 spiro atoms. The molecular formula is C20H19ClN2O4S2. The maximum absolute atomic E-state index is 12.3. The summed E-state index contributed by atoms with van der Waals surface area (Å²) in [7, 11) is -1.95. The number of anilines is 1. The van der Waals surface area contributed by atoms with Gasteiger partial charge in [0.15, 0.2) is 15.0 Å². The van der Waals surface area contributed by atoms with Crippen molar-refractivity contribution in [1.29, 1.82) is 0 Å². The van der Waals surface area contributed by atoms with Crippen molar-refractivity contribution >= 4 is 43.8 Å². The topological polar surface area (TPSA) is 85.4 Å². The van der Waals surface area contributed by atoms with E-state index in [1.807, 2.05) is 30.5 Å². The number of methoxy groups -OCH3 is 1. The number of aromatic nitrogens is 1. The molecule has 0 radical (unpaired) electrons. The van der Waals surface area contributed by atoms with E-state index in [1.165, 1.54) is 35.6 Å². The first-order chi connectivity index (χ1) is 13.8. The maximum Gasteiger partial charge on any atom is 0.227 e. The SMILES string of the molecule is COc1ccc(-c2csc(NC(=O)CCS(=O)(=O)c3ccc(Cl)cc3)n2)cc1C. The number of nitrogens with one attached hydrogen (secondary N) is 1. The Morgan fingerprint density at radius 2 is 1.93 bits per heavy atom. The van der Waals surface area contributed by atoms with Crippen LogP contribution in [-0.4, -0.2) is 32.2 Å². The molecule has 3 rings (SSSR count). The number of ether oxygens (including phenoxy) is 1. The van der Waals surface area contributed by atoms with Gasteiger partial charge in [0.05, 0.1) is 23.5 Å². The zero-order valence-corrected chi connectivity index (χ0v) is 18.2. The van der Waals surface area contributed by atoms with Gasteiger partial charge in [-0.2, -0.15) is 0 Å². The molecule has 1 N–H and O–H groups in total. The van der Waals surface area contributed by atoms with Crippen molar-refractivity contribution in [3.63, 3.8) is 0 Å². The lowest BCUT2D eigenvalue weighted by atomic mass is 10.1. The first-order valence-electron chi connectivity index (χ1n) is 8.67. The Labute approximate surface area is 178 Å². The van der Waals surface area contributed by atoms with Gasteiger partial charge >= 0.3 is 0 Å². The van der Waals surface area contributed by atoms with Crippen molar-refractivity contribution in [2.45, 2.75) is 18.2 Å². The Hall–Kier alpha value is -2.42. The highest BCUT2D eigenvalue weighted by Crippen LogP contribution is 2.29. The van der Waals surface area contributed by atoms with Gasteiger partial charge in [0.2, 0.25) is 5.91 Å². The Bertz CT molecular complexity index is 1130. The molecule has 0 bridgehead atoms. The lowest BCUT2D eigenvalue weighted by Gasteiger charge is -2.06. The van der Waals surface area contributed by atoms with Crippen molar-refractivity contribution in [3.8, 4) is 17.0 Å². The Morgan fingerprint density at radius 3 is 2.59 bits per heavy atom. The smallest absolute Gasteiger partial charge is 0.227 e. The number of carbonyl (C=O) groups is 1. The van der Waals surface area contributed by atoms with Crippen LogP contribution in [0.15, 0.2) is 52.7 Å². The molecule has 152 valence electrons. The average Bonchev–Trinajstić information content (AvgIpc) is 3.15. The predicted octanol–water partition coefficient (Wildman–Crippen LogP) is 4.58. The van der Waals surface area contributed by atoms with Gasteiger partial charge in [0.1, 0.15) is 5.75 Å². The Morgan fingerprint density at radius 1 is 1.21 bits per heavy atom. The first-order valence-corrected chi connectivity index (χ1v) is 11.6. The minimum absolute atomic E-state index is 0.140. The van der Waals surface area contributed by atoms with E-state index in [2.05, 4.69) is 10.3 Å². The molecule has 2 aromatic carbocycles. The number of amides is 1. The van der Waals surface area contributed by atoms with Gasteiger partial charge in [0.25, 0.3) is 0 Å². The van der Waals surface area contributed by atoms with Gasteiger partial charge in [-0.05, 0) is 55.0 Å². The number of halogens is 1. The summed E-state index contributed by atoms with van der Waals surface area (Å²) >= 11 is 7.06. The zero-order valence-electron chi connectivity index (χ0n) is 15.8. The number of carbonyl (C=O) groups excluding carboxylic acids is 1. The number of sulfone groups is 1. The van der Waals surface area contributed by atoms with Gasteiger partial charge in [-0.15, -0.1) is 11.3 Å². The predicted molar refractivity (Wildman–Crippen MR) is 116 cm³/mol. The van der Waals surface area contributed by atoms with Gasteiger partial charge in [-0.1, -0.05) is 11.6 Å². The van der Waals surface area contributed by atoms with E-state index in [9.17, 15) is 13.2 Å². The van der Waals surface area contributed by atoms with E-state index in [0.717, 1.165) is 22.6 Å². The molecule has 0 aliphatic heterocycles. The highest BCUT2D eigenvalue weighted by Gasteiger charge is 2.17. The molecule has 9 heteroatoms. The fourth-order valence-corrected chi connectivity index (χ4v) is 4.77. The molecule has 0 aliphatic rings. The highest BCUT2D eigenvalue weighted by molar-refractivity contribution is 7.91. The van der Waals surface area contributed by atoms with Gasteiger partial charge < -0.3 is 10.1 Å². The van der Waals surface area contributed by atoms with Crippen LogP contribution < -0.4 is 10.1 Å². The minimum Gasteiger partial charge on any atom is -0.496 e. The molecule has 1 aromatic heterocycles. The van der Waals surface area contributed by atoms with Crippen LogP contribution in [0, 0.1) is 6.92 Å². The van der Waals surface area contributed by atoms with E-state index in [4.69, 9.17) is 16.3 Å². The molecule has 0 fully saturated rings. The molecule has 0 saturated heterocycles. The van der Waals surface area contributed by atoms with Crippen LogP contribution in [0.5, 0.6) is 5.75 Å². The standard InChI is InChI=1S/C20H19ClN2O4S2/c1-13-11-14(3-8-18(13)27-2)17-12-28-20(22-17)23-19(24)9-10-29(25,26)16-6-4-15(21)5-7-16/h3-8,11-12H,9-10H2,1-2H3,(H,22,23,24). The summed E-state index contributed by atoms with van der Waals surface area (Å²) in [5.74, 6) is 0.0878. The van der Waals surface area contributed by atoms with Crippen LogP contribution in [0.2, 0.25) is 5.02 Å². The third-order valence-corrected chi connectivity index (χ3v) is 6.95. The van der Waals surface area contributed by atoms with Crippen LogP contribution in [0.4, 0.5) is 5.13 Å². The quantitative estimate of drug-likeness (QED) is 0.569. The number of hydrogen-bond acceptors (Lipinski definition) is 6. The zero-order chi connectivity index (χ0) is 21.0. The minimum atomic E-state index is -3.56. The average molecular weight is 451 g/mol. The second kappa shape index (κ2) is 8.94. The van der Waals surface area contributed by atoms with Crippen LogP contribution in [-0.2, 0) is 14.6 Å². The fourth-order valence-electron chi connectivity index (χ4n) is 2.67. The van der Waals surface area contributed by atoms with Crippen LogP contribution in [0.1, 0.15) is 12.0 Å². The molecule has 0 aliphatic carbocycles. The number of aryl methyl sites for hydroxylation is 1. The number of nitrogens with zero attached hydrogens (tertiary/aromatic N) is 1. The summed E-state index contributed by atoms with van der Waals surface area (Å²) in [6.07, 6.45) is -0.165. The second-order valence-electron chi connectivity index (χ2n) is 6.29. The summed E-state index contributed by atoms with van der Waals surface area (Å²) in [5, 5.41) is 5.37. The van der Waals surface area contributed by atoms with Crippen molar-refractivity contribution in [2.75, 3.05) is 18.2 Å². The summed E-state index contributed by atoms with van der Waals surface area (Å²) in [5.41, 5.74) is 2.62. The highest BCUT2D eigenvalue weighted by atomic mass is 35.5. The molecule has 0 saturated carbocycles. The molecule has 3 aromatic rings. The number of benzene rings is 2. The normalized spacial score (nSPS) is 11.3. The number of hydrogen-bond donors (Lipinski definition) is 1. The van der Waals surface area contributed by atoms with E-state index >= 15 is 0 Å². The van der Waals surface area contributed by atoms with Crippen LogP contribution >= 0.6 is 22.9 Å². The second-order valence-corrected chi connectivity index (χ2v) is 9.70. The molecule has 0 atom stereocenters. The molecule has 29 heavy (non-hydrogen) atoms. The Balaban J connectivity index is 1.61. The molecule has 6 nitrogen and oxygen atoms in total. The largest absolute Gasteiger partial charge is 0.496 e. The van der Waals surface area contributed by atoms with Crippen molar-refractivity contribution in [3.05, 3.63) is 58.4 Å². The van der Waals surface area contributed by atoms with Gasteiger partial charge in [0, 0.05) is 22.4 Å². The van der Waals surface area contributed by atoms with Crippen molar-refractivity contribution in [1.82, 2.24) is 4.98 Å². The van der Waals surface area contributed by atoms with Crippen LogP contribution in [0.3, 0.4) is 0 Å². The Kier molecular flexibility index (Phi) is 6.56. The molecular weight excluding hydrogens is 432 g/mol. The number of rotatable bonds is 7. The molecule has 1 heterocycles. The third kappa shape index (κ3) is 5.35. The summed E-state index contributed by atoms with van der Waals surface area (Å²) in [4.78, 5) is 16.7. The van der Waals surface area contributed by atoms with E-state index < -0.39 is 15.7 Å². The van der Waals surface area contributed by atoms with E-state index in [-0.39, 0.29) is 17.1 Å². The van der Waals surface area contributed by atoms with Gasteiger partial charge in [-0.25, -0.2) is 13.4 Å². The first kappa shape index (κ1) is 21.3. The third-order valence-electron chi connectivity index (χ3n) is 4.21. The van der Waals surface area contributed by atoms with Crippen LogP contribution in [0.25, 0.3) is 11.3 Å². The monoisotopic (exact) mass is 450 g/mol.